The summed E-state index contributed by atoms with van der Waals surface area (Å²) in [5.74, 6) is -2.10. The van der Waals surface area contributed by atoms with Gasteiger partial charge in [0.25, 0.3) is 0 Å². The van der Waals surface area contributed by atoms with Gasteiger partial charge in [0.2, 0.25) is 5.91 Å². The zero-order valence-electron chi connectivity index (χ0n) is 15.6. The predicted molar refractivity (Wildman–Crippen MR) is 112 cm³/mol. The molecular formula is C21H18F2N2O2S2. The van der Waals surface area contributed by atoms with Crippen LogP contribution in [-0.2, 0) is 17.6 Å². The highest BCUT2D eigenvalue weighted by atomic mass is 32.2. The average molecular weight is 433 g/mol. The van der Waals surface area contributed by atoms with E-state index < -0.39 is 11.6 Å². The second-order valence-electron chi connectivity index (χ2n) is 6.22. The normalized spacial score (nSPS) is 10.7. The number of nitrogens with one attached hydrogen (secondary N) is 1. The van der Waals surface area contributed by atoms with E-state index in [4.69, 9.17) is 0 Å². The molecule has 0 saturated carbocycles. The third kappa shape index (κ3) is 5.95. The minimum absolute atomic E-state index is 0.00246. The first kappa shape index (κ1) is 21.1. The molecule has 0 radical (unpaired) electrons. The van der Waals surface area contributed by atoms with E-state index in [2.05, 4.69) is 17.2 Å². The standard InChI is InChI=1S/C21H18F2N2O2S2/c1-2-13-3-5-14(6-4-13)19(26)12-29-21-25-16(11-28-21)10-20(27)24-15-7-8-17(22)18(23)9-15/h3-9,11H,2,10,12H2,1H3,(H,24,27). The maximum Gasteiger partial charge on any atom is 0.230 e. The highest BCUT2D eigenvalue weighted by Gasteiger charge is 2.12. The number of nitrogens with zero attached hydrogens (tertiary/aromatic N) is 1. The van der Waals surface area contributed by atoms with Gasteiger partial charge in [0, 0.05) is 22.7 Å². The van der Waals surface area contributed by atoms with Crippen molar-refractivity contribution in [3.8, 4) is 0 Å². The Kier molecular flexibility index (Phi) is 7.11. The Balaban J connectivity index is 1.51. The molecule has 2 aromatic carbocycles. The van der Waals surface area contributed by atoms with E-state index in [1.807, 2.05) is 24.3 Å². The van der Waals surface area contributed by atoms with E-state index >= 15 is 0 Å². The van der Waals surface area contributed by atoms with Crippen LogP contribution >= 0.6 is 23.1 Å². The number of amides is 1. The summed E-state index contributed by atoms with van der Waals surface area (Å²) >= 11 is 2.68. The first-order valence-electron chi connectivity index (χ1n) is 8.89. The number of aromatic nitrogens is 1. The molecule has 3 rings (SSSR count). The largest absolute Gasteiger partial charge is 0.326 e. The van der Waals surface area contributed by atoms with Gasteiger partial charge in [0.15, 0.2) is 21.8 Å². The maximum absolute atomic E-state index is 13.2. The van der Waals surface area contributed by atoms with Crippen LogP contribution in [0.2, 0.25) is 0 Å². The molecular weight excluding hydrogens is 414 g/mol. The monoisotopic (exact) mass is 432 g/mol. The van der Waals surface area contributed by atoms with Crippen molar-refractivity contribution in [2.24, 2.45) is 0 Å². The fourth-order valence-electron chi connectivity index (χ4n) is 2.52. The number of halogens is 2. The Morgan fingerprint density at radius 2 is 1.86 bits per heavy atom. The molecule has 0 aliphatic heterocycles. The number of benzene rings is 2. The van der Waals surface area contributed by atoms with Gasteiger partial charge in [-0.05, 0) is 24.1 Å². The second kappa shape index (κ2) is 9.76. The lowest BCUT2D eigenvalue weighted by molar-refractivity contribution is -0.115. The maximum atomic E-state index is 13.2. The minimum atomic E-state index is -1.02. The highest BCUT2D eigenvalue weighted by molar-refractivity contribution is 8.01. The summed E-state index contributed by atoms with van der Waals surface area (Å²) in [4.78, 5) is 28.7. The van der Waals surface area contributed by atoms with Crippen LogP contribution in [0.3, 0.4) is 0 Å². The minimum Gasteiger partial charge on any atom is -0.326 e. The smallest absolute Gasteiger partial charge is 0.230 e. The van der Waals surface area contributed by atoms with Crippen molar-refractivity contribution in [2.75, 3.05) is 11.1 Å². The number of thioether (sulfide) groups is 1. The molecule has 0 atom stereocenters. The first-order valence-corrected chi connectivity index (χ1v) is 10.8. The van der Waals surface area contributed by atoms with Crippen LogP contribution in [0.25, 0.3) is 0 Å². The zero-order valence-corrected chi connectivity index (χ0v) is 17.2. The summed E-state index contributed by atoms with van der Waals surface area (Å²) in [5.41, 5.74) is 2.58. The van der Waals surface area contributed by atoms with E-state index in [9.17, 15) is 18.4 Å². The Morgan fingerprint density at radius 3 is 2.55 bits per heavy atom. The SMILES string of the molecule is CCc1ccc(C(=O)CSc2nc(CC(=O)Nc3ccc(F)c(F)c3)cs2)cc1. The lowest BCUT2D eigenvalue weighted by atomic mass is 10.1. The van der Waals surface area contributed by atoms with Crippen LogP contribution in [0.5, 0.6) is 0 Å². The fraction of sp³-hybridized carbons (Fsp3) is 0.190. The molecule has 150 valence electrons. The predicted octanol–water partition coefficient (Wildman–Crippen LogP) is 5.14. The van der Waals surface area contributed by atoms with E-state index in [1.54, 1.807) is 5.38 Å². The first-order chi connectivity index (χ1) is 13.9. The summed E-state index contributed by atoms with van der Waals surface area (Å²) in [7, 11) is 0. The molecule has 8 heteroatoms. The van der Waals surface area contributed by atoms with Crippen molar-refractivity contribution in [3.05, 3.63) is 76.3 Å². The Hall–Kier alpha value is -2.58. The molecule has 0 bridgehead atoms. The van der Waals surface area contributed by atoms with Gasteiger partial charge in [-0.15, -0.1) is 11.3 Å². The van der Waals surface area contributed by atoms with E-state index in [1.165, 1.54) is 34.7 Å². The van der Waals surface area contributed by atoms with Crippen LogP contribution in [0.15, 0.2) is 52.2 Å². The number of rotatable bonds is 8. The van der Waals surface area contributed by atoms with Gasteiger partial charge in [0.1, 0.15) is 0 Å². The van der Waals surface area contributed by atoms with Gasteiger partial charge in [-0.1, -0.05) is 43.0 Å². The third-order valence-corrected chi connectivity index (χ3v) is 6.16. The second-order valence-corrected chi connectivity index (χ2v) is 8.30. The van der Waals surface area contributed by atoms with Crippen molar-refractivity contribution < 1.29 is 18.4 Å². The molecule has 3 aromatic rings. The summed E-state index contributed by atoms with van der Waals surface area (Å²) in [5, 5.41) is 4.25. The van der Waals surface area contributed by atoms with Gasteiger partial charge in [-0.2, -0.15) is 0 Å². The molecule has 1 N–H and O–H groups in total. The molecule has 0 saturated heterocycles. The Labute approximate surface area is 175 Å². The molecule has 0 unspecified atom stereocenters. The van der Waals surface area contributed by atoms with Crippen LogP contribution < -0.4 is 5.32 Å². The number of hydrogen-bond acceptors (Lipinski definition) is 5. The number of hydrogen-bond donors (Lipinski definition) is 1. The number of ketones is 1. The highest BCUT2D eigenvalue weighted by Crippen LogP contribution is 2.24. The van der Waals surface area contributed by atoms with Gasteiger partial charge >= 0.3 is 0 Å². The number of carbonyl (C=O) groups excluding carboxylic acids is 2. The molecule has 0 fully saturated rings. The molecule has 0 aliphatic rings. The number of aryl methyl sites for hydroxylation is 1. The van der Waals surface area contributed by atoms with Crippen molar-refractivity contribution in [3.63, 3.8) is 0 Å². The molecule has 0 aliphatic carbocycles. The van der Waals surface area contributed by atoms with Crippen LogP contribution in [0, 0.1) is 11.6 Å². The van der Waals surface area contributed by atoms with E-state index in [0.29, 0.717) is 15.6 Å². The van der Waals surface area contributed by atoms with Gasteiger partial charge in [0.05, 0.1) is 17.9 Å². The summed E-state index contributed by atoms with van der Waals surface area (Å²) in [6.45, 7) is 2.06. The van der Waals surface area contributed by atoms with E-state index in [0.717, 1.165) is 18.6 Å². The summed E-state index contributed by atoms with van der Waals surface area (Å²) in [6, 6.07) is 10.7. The molecule has 4 nitrogen and oxygen atoms in total. The number of Topliss-reactive ketones (excluding diaryl/α,β-unsaturated/α-hetero) is 1. The number of thiazole rings is 1. The van der Waals surface area contributed by atoms with Crippen molar-refractivity contribution in [2.45, 2.75) is 24.1 Å². The number of anilines is 1. The van der Waals surface area contributed by atoms with Crippen molar-refractivity contribution >= 4 is 40.5 Å². The van der Waals surface area contributed by atoms with Gasteiger partial charge in [-0.3, -0.25) is 9.59 Å². The topological polar surface area (TPSA) is 59.1 Å². The van der Waals surface area contributed by atoms with Crippen LogP contribution in [0.1, 0.15) is 28.5 Å². The van der Waals surface area contributed by atoms with Crippen molar-refractivity contribution in [1.82, 2.24) is 4.98 Å². The lowest BCUT2D eigenvalue weighted by Crippen LogP contribution is -2.14. The zero-order chi connectivity index (χ0) is 20.8. The molecule has 0 spiro atoms. The third-order valence-electron chi connectivity index (χ3n) is 4.09. The lowest BCUT2D eigenvalue weighted by Gasteiger charge is -2.04. The summed E-state index contributed by atoms with van der Waals surface area (Å²) in [6.07, 6.45) is 0.928. The molecule has 29 heavy (non-hydrogen) atoms. The van der Waals surface area contributed by atoms with Crippen LogP contribution in [0.4, 0.5) is 14.5 Å². The van der Waals surface area contributed by atoms with E-state index in [-0.39, 0.29) is 29.6 Å². The van der Waals surface area contributed by atoms with Crippen LogP contribution in [-0.4, -0.2) is 22.4 Å². The Morgan fingerprint density at radius 1 is 1.10 bits per heavy atom. The molecule has 1 amide bonds. The summed E-state index contributed by atoms with van der Waals surface area (Å²) < 4.78 is 26.8. The fourth-order valence-corrected chi connectivity index (χ4v) is 4.26. The molecule has 1 aromatic heterocycles. The molecule has 1 heterocycles. The Bertz CT molecular complexity index is 1020. The average Bonchev–Trinajstić information content (AvgIpc) is 3.16. The van der Waals surface area contributed by atoms with Gasteiger partial charge in [-0.25, -0.2) is 13.8 Å². The quantitative estimate of drug-likeness (QED) is 0.396. The number of carbonyl (C=O) groups is 2. The van der Waals surface area contributed by atoms with Crippen molar-refractivity contribution in [1.29, 1.82) is 0 Å². The van der Waals surface area contributed by atoms with Gasteiger partial charge < -0.3 is 5.32 Å².